The Morgan fingerprint density at radius 1 is 0.407 bits per heavy atom. The zero-order chi connectivity index (χ0) is 58.2. The molecule has 10 aromatic rings. The fourth-order valence-electron chi connectivity index (χ4n) is 11.7. The van der Waals surface area contributed by atoms with Crippen molar-refractivity contribution in [1.82, 2.24) is 19.1 Å². The van der Waals surface area contributed by atoms with Gasteiger partial charge in [-0.3, -0.25) is 9.13 Å². The summed E-state index contributed by atoms with van der Waals surface area (Å²) in [5.41, 5.74) is 21.6. The van der Waals surface area contributed by atoms with Crippen LogP contribution in [0.3, 0.4) is 0 Å². The Morgan fingerprint density at radius 3 is 1.30 bits per heavy atom. The van der Waals surface area contributed by atoms with Crippen LogP contribution in [0.2, 0.25) is 0 Å². The van der Waals surface area contributed by atoms with E-state index in [1.165, 1.54) is 44.5 Å². The van der Waals surface area contributed by atoms with Crippen molar-refractivity contribution in [1.29, 1.82) is 0 Å². The second-order valence-electron chi connectivity index (χ2n) is 26.8. The van der Waals surface area contributed by atoms with Gasteiger partial charge in [-0.25, -0.2) is 14.8 Å². The standard InChI is InChI=1S/C75H81N5O/c1-44(2)57-38-50(48-27-21-19-22-28-48)39-58(45(3)4)68(57)79-65-34-26-32-63(76-18)67(65)78-71(79)53-35-52(36-54(37-53)73(9,10)11)56-31-25-33-64-66(56)77-72(61-42-55(74(12,13)14)43-62(70(61)81)75(15,16)17)80(64)69-59(46(5)6)40-51(41-60(69)47(7)8)49-29-23-20-24-30-49/h19-47,81H,1-17H3. The molecule has 0 unspecified atom stereocenters. The van der Waals surface area contributed by atoms with E-state index in [0.717, 1.165) is 67.1 Å². The van der Waals surface area contributed by atoms with Crippen LogP contribution in [0.25, 0.3) is 94.4 Å². The SMILES string of the molecule is [C-]#[N+]c1cccc2c1nc(-c1cc(-c3cccc4c3nc(-c3cc(C(C)(C)C)cc(C(C)(C)C)c3O)n4-c3c(C(C)C)cc(-c4ccccc4)cc3C(C)C)cc(C(C)(C)C)c1)n2-c1c(C(C)C)cc(-c2ccccc2)cc1C(C)C. The molecule has 81 heavy (non-hydrogen) atoms. The molecule has 6 nitrogen and oxygen atoms in total. The first-order chi connectivity index (χ1) is 38.3. The van der Waals surface area contributed by atoms with Crippen molar-refractivity contribution in [2.24, 2.45) is 0 Å². The summed E-state index contributed by atoms with van der Waals surface area (Å²) < 4.78 is 4.74. The molecule has 2 aromatic heterocycles. The molecule has 0 aliphatic heterocycles. The highest BCUT2D eigenvalue weighted by Crippen LogP contribution is 2.49. The van der Waals surface area contributed by atoms with Crippen molar-refractivity contribution in [3.05, 3.63) is 202 Å². The average Bonchev–Trinajstić information content (AvgIpc) is 4.14. The van der Waals surface area contributed by atoms with E-state index in [0.29, 0.717) is 22.6 Å². The average molecular weight is 1070 g/mol. The Balaban J connectivity index is 1.33. The lowest BCUT2D eigenvalue weighted by molar-refractivity contribution is 0.446. The lowest BCUT2D eigenvalue weighted by Crippen LogP contribution is -2.17. The van der Waals surface area contributed by atoms with E-state index in [-0.39, 0.29) is 45.7 Å². The Bertz CT molecular complexity index is 4000. The van der Waals surface area contributed by atoms with Gasteiger partial charge < -0.3 is 5.11 Å². The molecule has 0 atom stereocenters. The van der Waals surface area contributed by atoms with Gasteiger partial charge in [-0.05, 0) is 156 Å². The van der Waals surface area contributed by atoms with Crippen LogP contribution in [0.4, 0.5) is 5.69 Å². The summed E-state index contributed by atoms with van der Waals surface area (Å²) in [5, 5.41) is 12.9. The normalized spacial score (nSPS) is 12.5. The first-order valence-corrected chi connectivity index (χ1v) is 29.2. The topological polar surface area (TPSA) is 60.2 Å². The predicted octanol–water partition coefficient (Wildman–Crippen LogP) is 21.3. The molecular weight excluding hydrogens is 987 g/mol. The van der Waals surface area contributed by atoms with E-state index in [1.54, 1.807) is 0 Å². The molecule has 0 aliphatic rings. The van der Waals surface area contributed by atoms with E-state index in [2.05, 4.69) is 271 Å². The minimum absolute atomic E-state index is 0.143. The maximum Gasteiger partial charge on any atom is 0.214 e. The van der Waals surface area contributed by atoms with Gasteiger partial charge in [0.25, 0.3) is 0 Å². The quantitative estimate of drug-likeness (QED) is 0.131. The Labute approximate surface area is 482 Å². The van der Waals surface area contributed by atoms with Crippen LogP contribution in [0.5, 0.6) is 5.75 Å². The molecule has 6 heteroatoms. The molecule has 8 aromatic carbocycles. The van der Waals surface area contributed by atoms with Crippen LogP contribution < -0.4 is 0 Å². The number of aromatic hydroxyl groups is 1. The van der Waals surface area contributed by atoms with E-state index in [1.807, 2.05) is 12.1 Å². The van der Waals surface area contributed by atoms with Crippen molar-refractivity contribution >= 4 is 27.8 Å². The van der Waals surface area contributed by atoms with Gasteiger partial charge in [-0.2, -0.15) is 0 Å². The number of aromatic nitrogens is 4. The number of phenolic OH excluding ortho intramolecular Hbond substituents is 1. The molecular formula is C75H81N5O. The third-order valence-electron chi connectivity index (χ3n) is 16.3. The highest BCUT2D eigenvalue weighted by Gasteiger charge is 2.32. The fourth-order valence-corrected chi connectivity index (χ4v) is 11.7. The third kappa shape index (κ3) is 10.4. The molecule has 0 saturated heterocycles. The van der Waals surface area contributed by atoms with Gasteiger partial charge in [0.05, 0.1) is 45.6 Å². The number of benzene rings is 8. The van der Waals surface area contributed by atoms with E-state index >= 15 is 0 Å². The van der Waals surface area contributed by atoms with Crippen molar-refractivity contribution in [3.63, 3.8) is 0 Å². The van der Waals surface area contributed by atoms with E-state index in [9.17, 15) is 5.11 Å². The number of hydrogen-bond acceptors (Lipinski definition) is 3. The molecule has 0 bridgehead atoms. The first kappa shape index (κ1) is 56.3. The molecule has 2 heterocycles. The second-order valence-corrected chi connectivity index (χ2v) is 26.8. The van der Waals surface area contributed by atoms with Crippen LogP contribution in [0, 0.1) is 6.57 Å². The van der Waals surface area contributed by atoms with E-state index < -0.39 is 0 Å². The number of hydrogen-bond donors (Lipinski definition) is 1. The minimum atomic E-state index is -0.364. The van der Waals surface area contributed by atoms with Crippen molar-refractivity contribution in [2.45, 2.75) is 158 Å². The number of para-hydroxylation sites is 2. The Morgan fingerprint density at radius 2 is 0.840 bits per heavy atom. The van der Waals surface area contributed by atoms with Crippen LogP contribution in [0.1, 0.15) is 180 Å². The highest BCUT2D eigenvalue weighted by molar-refractivity contribution is 5.99. The van der Waals surface area contributed by atoms with Gasteiger partial charge in [-0.15, -0.1) is 0 Å². The molecule has 0 fully saturated rings. The smallest absolute Gasteiger partial charge is 0.214 e. The van der Waals surface area contributed by atoms with Gasteiger partial charge in [0.15, 0.2) is 0 Å². The van der Waals surface area contributed by atoms with Gasteiger partial charge in [0.2, 0.25) is 5.69 Å². The molecule has 0 spiro atoms. The minimum Gasteiger partial charge on any atom is -0.507 e. The zero-order valence-corrected chi connectivity index (χ0v) is 50.9. The van der Waals surface area contributed by atoms with Crippen LogP contribution in [-0.2, 0) is 16.2 Å². The summed E-state index contributed by atoms with van der Waals surface area (Å²) >= 11 is 0. The molecule has 0 amide bonds. The summed E-state index contributed by atoms with van der Waals surface area (Å²) in [6.07, 6.45) is 0. The lowest BCUT2D eigenvalue weighted by Gasteiger charge is -2.28. The predicted molar refractivity (Wildman–Crippen MR) is 343 cm³/mol. The van der Waals surface area contributed by atoms with Crippen molar-refractivity contribution in [3.8, 4) is 73.3 Å². The van der Waals surface area contributed by atoms with Crippen LogP contribution >= 0.6 is 0 Å². The number of nitrogens with zero attached hydrogens (tertiary/aromatic N) is 5. The highest BCUT2D eigenvalue weighted by atomic mass is 16.3. The Kier molecular flexibility index (Phi) is 14.7. The van der Waals surface area contributed by atoms with Crippen LogP contribution in [-0.4, -0.2) is 24.2 Å². The molecule has 10 rings (SSSR count). The monoisotopic (exact) mass is 1070 g/mol. The maximum absolute atomic E-state index is 12.9. The fraction of sp³-hybridized carbons (Fsp3) is 0.320. The van der Waals surface area contributed by atoms with E-state index in [4.69, 9.17) is 16.5 Å². The first-order valence-electron chi connectivity index (χ1n) is 29.2. The summed E-state index contributed by atoms with van der Waals surface area (Å²) in [6.45, 7) is 46.8. The summed E-state index contributed by atoms with van der Waals surface area (Å²) in [6, 6.07) is 54.8. The van der Waals surface area contributed by atoms with Gasteiger partial charge in [-0.1, -0.05) is 215 Å². The number of imidazole rings is 2. The summed E-state index contributed by atoms with van der Waals surface area (Å²) in [5.74, 6) is 2.35. The molecule has 0 saturated carbocycles. The van der Waals surface area contributed by atoms with Gasteiger partial charge in [0, 0.05) is 16.7 Å². The Hall–Kier alpha value is -8.01. The second kappa shape index (κ2) is 21.1. The molecule has 0 aliphatic carbocycles. The number of rotatable bonds is 11. The van der Waals surface area contributed by atoms with Crippen molar-refractivity contribution < 1.29 is 5.11 Å². The maximum atomic E-state index is 12.9. The summed E-state index contributed by atoms with van der Waals surface area (Å²) in [4.78, 5) is 15.5. The molecule has 0 radical (unpaired) electrons. The van der Waals surface area contributed by atoms with Crippen LogP contribution in [0.15, 0.2) is 152 Å². The molecule has 1 N–H and O–H groups in total. The zero-order valence-electron chi connectivity index (χ0n) is 50.9. The van der Waals surface area contributed by atoms with Crippen molar-refractivity contribution in [2.75, 3.05) is 0 Å². The third-order valence-corrected chi connectivity index (χ3v) is 16.3. The number of phenols is 1. The summed E-state index contributed by atoms with van der Waals surface area (Å²) in [7, 11) is 0. The lowest BCUT2D eigenvalue weighted by atomic mass is 9.78. The van der Waals surface area contributed by atoms with Gasteiger partial charge >= 0.3 is 0 Å². The number of fused-ring (bicyclic) bond motifs is 2. The van der Waals surface area contributed by atoms with Gasteiger partial charge in [0.1, 0.15) is 17.4 Å². The molecule has 412 valence electrons. The largest absolute Gasteiger partial charge is 0.507 e.